The van der Waals surface area contributed by atoms with Gasteiger partial charge in [0.1, 0.15) is 6.07 Å². The van der Waals surface area contributed by atoms with Crippen molar-refractivity contribution in [3.63, 3.8) is 0 Å². The number of anilines is 4. The van der Waals surface area contributed by atoms with Gasteiger partial charge in [0.2, 0.25) is 23.3 Å². The predicted octanol–water partition coefficient (Wildman–Crippen LogP) is 7.26. The third kappa shape index (κ3) is 10.2. The molecule has 0 saturated heterocycles. The molecule has 4 aromatic carbocycles. The quantitative estimate of drug-likeness (QED) is 0.0243. The number of carboxylic acid groups (broad SMARTS) is 1. The molecule has 300 valence electrons. The van der Waals surface area contributed by atoms with Crippen LogP contribution < -0.4 is 27.0 Å². The number of rotatable bonds is 10. The van der Waals surface area contributed by atoms with Crippen molar-refractivity contribution in [2.45, 2.75) is 46.0 Å². The standard InChI is InChI=1S/C21H17N5O2.C12H12N2O2.C9H9N3O2.CH4/c22-10-16-8-14(4-5-17(16)23-11-12-1-2-12)21-25-20(26-28-21)13-3-6-18-15(7-13)9-19(27)24-18;1-13-11-6-9(12(15)16)4-5-10(11)14-7-8-2-3-8;10-9(12-14)5-1-2-7-6(3-5)4-8(13)11-7;/h3-8,12,23H,1-2,9,11H2,(H,24,27);4-6,8,14H,2-3,7H2,(H,15,16);1-3,14H,4H2,(H2,10,12)(H,11,13);1H4. The molecule has 1 aromatic heterocycles. The van der Waals surface area contributed by atoms with E-state index >= 15 is 0 Å². The average Bonchev–Trinajstić information content (AvgIpc) is 4.12. The zero-order valence-corrected chi connectivity index (χ0v) is 31.1. The van der Waals surface area contributed by atoms with Crippen LogP contribution in [0.25, 0.3) is 27.7 Å². The van der Waals surface area contributed by atoms with Crippen molar-refractivity contribution in [3.05, 3.63) is 112 Å². The number of aromatic nitrogens is 2. The molecule has 2 saturated carbocycles. The summed E-state index contributed by atoms with van der Waals surface area (Å²) >= 11 is 0. The average molecular weight is 795 g/mol. The number of nitrogens with two attached hydrogens (primary N) is 1. The molecule has 59 heavy (non-hydrogen) atoms. The first-order valence-corrected chi connectivity index (χ1v) is 18.5. The second-order valence-corrected chi connectivity index (χ2v) is 14.3. The third-order valence-electron chi connectivity index (χ3n) is 9.86. The van der Waals surface area contributed by atoms with Gasteiger partial charge in [0.15, 0.2) is 5.84 Å². The smallest absolute Gasteiger partial charge is 0.334 e. The van der Waals surface area contributed by atoms with E-state index in [0.717, 1.165) is 64.4 Å². The maximum Gasteiger partial charge on any atom is 0.334 e. The van der Waals surface area contributed by atoms with Gasteiger partial charge in [-0.05, 0) is 121 Å². The van der Waals surface area contributed by atoms with Crippen LogP contribution in [0, 0.1) is 29.7 Å². The van der Waals surface area contributed by atoms with E-state index in [0.29, 0.717) is 46.9 Å². The molecule has 4 aliphatic rings. The number of carbonyl (C=O) groups is 3. The van der Waals surface area contributed by atoms with Crippen LogP contribution >= 0.6 is 0 Å². The first-order chi connectivity index (χ1) is 28.1. The van der Waals surface area contributed by atoms with Crippen molar-refractivity contribution < 1.29 is 29.2 Å². The van der Waals surface area contributed by atoms with E-state index in [1.807, 2.05) is 30.3 Å². The minimum atomic E-state index is -1.00. The lowest BCUT2D eigenvalue weighted by atomic mass is 10.1. The fourth-order valence-electron chi connectivity index (χ4n) is 6.26. The third-order valence-corrected chi connectivity index (χ3v) is 9.86. The topological polar surface area (TPSA) is 245 Å². The summed E-state index contributed by atoms with van der Waals surface area (Å²) in [7, 11) is 0. The van der Waals surface area contributed by atoms with Crippen LogP contribution in [-0.2, 0) is 22.4 Å². The SMILES string of the molecule is C.N#Cc1cc(-c2nc(-c3ccc4c(c3)CC(=O)N4)no2)ccc1NCC1CC1.NC(=NO)c1ccc2c(c1)CC(=O)N2.[C-]#[N+]c1cc(C(=O)O)ccc1NCC1CC1. The molecule has 9 rings (SSSR count). The second-order valence-electron chi connectivity index (χ2n) is 14.3. The molecule has 2 aliphatic heterocycles. The van der Waals surface area contributed by atoms with Gasteiger partial charge in [-0.15, -0.1) is 0 Å². The van der Waals surface area contributed by atoms with Crippen LogP contribution in [0.15, 0.2) is 82.5 Å². The van der Waals surface area contributed by atoms with Crippen LogP contribution in [-0.4, -0.2) is 57.2 Å². The van der Waals surface area contributed by atoms with Gasteiger partial charge in [0.25, 0.3) is 5.89 Å². The molecule has 2 amide bonds. The molecule has 2 fully saturated rings. The Balaban J connectivity index is 0.000000161. The van der Waals surface area contributed by atoms with Crippen molar-refractivity contribution in [3.8, 4) is 28.9 Å². The van der Waals surface area contributed by atoms with Crippen LogP contribution in [0.4, 0.5) is 28.4 Å². The van der Waals surface area contributed by atoms with E-state index in [1.54, 1.807) is 30.3 Å². The zero-order chi connectivity index (χ0) is 40.8. The number of amides is 2. The predicted molar refractivity (Wildman–Crippen MR) is 222 cm³/mol. The van der Waals surface area contributed by atoms with E-state index < -0.39 is 5.97 Å². The maximum absolute atomic E-state index is 11.5. The van der Waals surface area contributed by atoms with E-state index in [2.05, 4.69) is 47.5 Å². The van der Waals surface area contributed by atoms with Gasteiger partial charge in [-0.2, -0.15) is 10.2 Å². The molecule has 16 nitrogen and oxygen atoms in total. The van der Waals surface area contributed by atoms with Gasteiger partial charge >= 0.3 is 5.97 Å². The summed E-state index contributed by atoms with van der Waals surface area (Å²) in [5, 5.41) is 45.7. The molecule has 3 heterocycles. The summed E-state index contributed by atoms with van der Waals surface area (Å²) in [5.74, 6) is 1.25. The highest BCUT2D eigenvalue weighted by molar-refractivity contribution is 6.02. The Morgan fingerprint density at radius 1 is 0.881 bits per heavy atom. The number of nitrogens with one attached hydrogen (secondary N) is 4. The highest BCUT2D eigenvalue weighted by atomic mass is 16.5. The van der Waals surface area contributed by atoms with Gasteiger partial charge in [-0.1, -0.05) is 17.7 Å². The summed E-state index contributed by atoms with van der Waals surface area (Å²) in [6.07, 6.45) is 5.70. The molecular weight excluding hydrogens is 753 g/mol. The minimum Gasteiger partial charge on any atom is -0.478 e. The molecule has 8 N–H and O–H groups in total. The van der Waals surface area contributed by atoms with Crippen LogP contribution in [0.2, 0.25) is 0 Å². The van der Waals surface area contributed by atoms with Gasteiger partial charge in [-0.25, -0.2) is 9.64 Å². The Morgan fingerprint density at radius 3 is 2.08 bits per heavy atom. The fraction of sp³-hybridized carbons (Fsp3) is 0.256. The van der Waals surface area contributed by atoms with Crippen molar-refractivity contribution in [1.29, 1.82) is 5.26 Å². The maximum atomic E-state index is 11.5. The number of aromatic carboxylic acids is 1. The number of fused-ring (bicyclic) bond motifs is 2. The number of oxime groups is 1. The minimum absolute atomic E-state index is 0. The van der Waals surface area contributed by atoms with Crippen molar-refractivity contribution in [2.24, 2.45) is 22.7 Å². The summed E-state index contributed by atoms with van der Waals surface area (Å²) in [5.41, 5.74) is 13.6. The Hall–Kier alpha value is -7.72. The molecule has 2 aliphatic carbocycles. The molecule has 0 spiro atoms. The number of hydrogen-bond acceptors (Lipinski definition) is 11. The molecule has 5 aromatic rings. The number of carbonyl (C=O) groups excluding carboxylic acids is 2. The van der Waals surface area contributed by atoms with E-state index in [1.165, 1.54) is 37.8 Å². The number of amidine groups is 1. The van der Waals surface area contributed by atoms with Crippen molar-refractivity contribution >= 4 is 52.1 Å². The highest BCUT2D eigenvalue weighted by Gasteiger charge is 2.23. The molecule has 0 atom stereocenters. The van der Waals surface area contributed by atoms with Crippen LogP contribution in [0.5, 0.6) is 0 Å². The fourth-order valence-corrected chi connectivity index (χ4v) is 6.26. The monoisotopic (exact) mass is 794 g/mol. The largest absolute Gasteiger partial charge is 0.478 e. The zero-order valence-electron chi connectivity index (χ0n) is 31.1. The molecule has 16 heteroatoms. The second kappa shape index (κ2) is 18.0. The van der Waals surface area contributed by atoms with E-state index in [4.69, 9.17) is 27.1 Å². The van der Waals surface area contributed by atoms with Gasteiger partial charge < -0.3 is 41.8 Å². The lowest BCUT2D eigenvalue weighted by Crippen LogP contribution is -2.13. The Morgan fingerprint density at radius 2 is 1.47 bits per heavy atom. The summed E-state index contributed by atoms with van der Waals surface area (Å²) in [6, 6.07) is 23.1. The number of benzene rings is 4. The molecule has 0 radical (unpaired) electrons. The number of carboxylic acids is 1. The first-order valence-electron chi connectivity index (χ1n) is 18.5. The number of nitriles is 1. The van der Waals surface area contributed by atoms with Crippen molar-refractivity contribution in [1.82, 2.24) is 10.1 Å². The number of hydrogen-bond donors (Lipinski definition) is 7. The molecule has 0 bridgehead atoms. The Bertz CT molecular complexity index is 2530. The van der Waals surface area contributed by atoms with E-state index in [9.17, 15) is 19.6 Å². The van der Waals surface area contributed by atoms with Gasteiger partial charge in [0.05, 0.1) is 30.7 Å². The van der Waals surface area contributed by atoms with E-state index in [-0.39, 0.29) is 30.6 Å². The Labute approximate surface area is 339 Å². The van der Waals surface area contributed by atoms with Crippen molar-refractivity contribution in [2.75, 3.05) is 34.4 Å². The number of nitrogens with zero attached hydrogens (tertiary/aromatic N) is 5. The van der Waals surface area contributed by atoms with Crippen LogP contribution in [0.1, 0.15) is 65.7 Å². The lowest BCUT2D eigenvalue weighted by Gasteiger charge is -2.08. The highest BCUT2D eigenvalue weighted by Crippen LogP contribution is 2.33. The van der Waals surface area contributed by atoms with Gasteiger partial charge in [0, 0.05) is 52.4 Å². The molecular formula is C43H42N10O6. The first kappa shape index (κ1) is 40.9. The summed E-state index contributed by atoms with van der Waals surface area (Å²) in [4.78, 5) is 41.1. The summed E-state index contributed by atoms with van der Waals surface area (Å²) < 4.78 is 5.42. The summed E-state index contributed by atoms with van der Waals surface area (Å²) in [6.45, 7) is 8.78. The van der Waals surface area contributed by atoms with Gasteiger partial charge in [-0.3, -0.25) is 9.59 Å². The van der Waals surface area contributed by atoms with Crippen LogP contribution in [0.3, 0.4) is 0 Å². The Kier molecular flexibility index (Phi) is 12.5. The molecule has 0 unspecified atom stereocenters. The lowest BCUT2D eigenvalue weighted by molar-refractivity contribution is -0.115. The normalized spacial score (nSPS) is 14.6.